The number of carbonyl (C=O) groups is 1. The van der Waals surface area contributed by atoms with E-state index in [0.717, 1.165) is 4.57 Å². The summed E-state index contributed by atoms with van der Waals surface area (Å²) in [6, 6.07) is 11.6. The second-order valence-corrected chi connectivity index (χ2v) is 9.81. The van der Waals surface area contributed by atoms with Crippen molar-refractivity contribution < 1.29 is 26.9 Å². The van der Waals surface area contributed by atoms with E-state index in [1.807, 2.05) is 11.9 Å². The van der Waals surface area contributed by atoms with Crippen molar-refractivity contribution in [2.24, 2.45) is 4.99 Å². The summed E-state index contributed by atoms with van der Waals surface area (Å²) in [7, 11) is 1.82. The maximum absolute atomic E-state index is 14.7. The number of imidazole rings is 1. The first-order chi connectivity index (χ1) is 19.6. The van der Waals surface area contributed by atoms with Gasteiger partial charge in [0.1, 0.15) is 17.9 Å². The van der Waals surface area contributed by atoms with E-state index in [2.05, 4.69) is 25.4 Å². The second-order valence-electron chi connectivity index (χ2n) is 9.81. The Hall–Kier alpha value is -4.59. The van der Waals surface area contributed by atoms with E-state index in [1.165, 1.54) is 12.1 Å². The van der Waals surface area contributed by atoms with Gasteiger partial charge in [-0.3, -0.25) is 9.79 Å². The first-order valence-corrected chi connectivity index (χ1v) is 12.8. The van der Waals surface area contributed by atoms with Crippen LogP contribution in [0.3, 0.4) is 0 Å². The highest BCUT2D eigenvalue weighted by Gasteiger charge is 2.31. The maximum atomic E-state index is 14.7. The molecule has 0 aliphatic carbocycles. The zero-order chi connectivity index (χ0) is 28.7. The van der Waals surface area contributed by atoms with E-state index >= 15 is 0 Å². The molecule has 0 bridgehead atoms. The number of amides is 1. The highest BCUT2D eigenvalue weighted by atomic mass is 19.4. The highest BCUT2D eigenvalue weighted by molar-refractivity contribution is 5.99. The number of aromatic nitrogens is 5. The zero-order valence-electron chi connectivity index (χ0n) is 21.8. The Morgan fingerprint density at radius 3 is 2.83 bits per heavy atom. The molecule has 0 spiro atoms. The van der Waals surface area contributed by atoms with Gasteiger partial charge in [-0.1, -0.05) is 17.3 Å². The lowest BCUT2D eigenvalue weighted by atomic mass is 10.1. The summed E-state index contributed by atoms with van der Waals surface area (Å²) >= 11 is 0. The minimum Gasteiger partial charge on any atom is -0.342 e. The predicted octanol–water partition coefficient (Wildman–Crippen LogP) is 4.58. The largest absolute Gasteiger partial charge is 0.406 e. The lowest BCUT2D eigenvalue weighted by Gasteiger charge is -2.26. The first-order valence-electron chi connectivity index (χ1n) is 12.8. The van der Waals surface area contributed by atoms with Crippen LogP contribution in [0, 0.1) is 0 Å². The average molecular weight is 569 g/mol. The molecule has 10 nitrogen and oxygen atoms in total. The van der Waals surface area contributed by atoms with Gasteiger partial charge in [-0.05, 0) is 37.4 Å². The van der Waals surface area contributed by atoms with Crippen LogP contribution in [0.4, 0.5) is 23.2 Å². The van der Waals surface area contributed by atoms with Crippen LogP contribution in [-0.4, -0.2) is 73.1 Å². The Balaban J connectivity index is 1.29. The molecule has 212 valence electrons. The first kappa shape index (κ1) is 26.6. The van der Waals surface area contributed by atoms with Gasteiger partial charge in [-0.25, -0.2) is 9.37 Å². The second kappa shape index (κ2) is 10.4. The molecule has 1 aromatic carbocycles. The summed E-state index contributed by atoms with van der Waals surface area (Å²) in [6.07, 6.45) is -2.08. The lowest BCUT2D eigenvalue weighted by molar-refractivity contribution is -0.139. The van der Waals surface area contributed by atoms with Gasteiger partial charge in [0.2, 0.25) is 11.7 Å². The van der Waals surface area contributed by atoms with Gasteiger partial charge in [-0.15, -0.1) is 0 Å². The molecule has 0 radical (unpaired) electrons. The van der Waals surface area contributed by atoms with Crippen LogP contribution in [0.5, 0.6) is 0 Å². The third-order valence-corrected chi connectivity index (χ3v) is 6.80. The fraction of sp³-hybridized carbons (Fsp3) is 0.296. The van der Waals surface area contributed by atoms with Crippen molar-refractivity contribution in [3.8, 4) is 11.5 Å². The monoisotopic (exact) mass is 568 g/mol. The number of rotatable bonds is 6. The van der Waals surface area contributed by atoms with E-state index in [1.54, 1.807) is 47.1 Å². The quantitative estimate of drug-likeness (QED) is 0.301. The molecule has 1 saturated heterocycles. The Labute approximate surface area is 230 Å². The van der Waals surface area contributed by atoms with Crippen molar-refractivity contribution in [3.05, 3.63) is 66.4 Å². The van der Waals surface area contributed by atoms with Gasteiger partial charge in [0.15, 0.2) is 6.17 Å². The van der Waals surface area contributed by atoms with Gasteiger partial charge in [0.25, 0.3) is 5.91 Å². The Kier molecular flexibility index (Phi) is 6.77. The average Bonchev–Trinajstić information content (AvgIpc) is 3.66. The molecule has 5 heterocycles. The van der Waals surface area contributed by atoms with Crippen molar-refractivity contribution in [2.45, 2.75) is 31.9 Å². The number of hydrogen-bond acceptors (Lipinski definition) is 7. The number of carbonyl (C=O) groups excluding carboxylic acids is 1. The third-order valence-electron chi connectivity index (χ3n) is 6.80. The summed E-state index contributed by atoms with van der Waals surface area (Å²) < 4.78 is 63.5. The molecular formula is C27H24F4N8O2. The molecule has 1 fully saturated rings. The van der Waals surface area contributed by atoms with Crippen molar-refractivity contribution in [1.82, 2.24) is 34.3 Å². The number of fused-ring (bicyclic) bond motifs is 2. The number of nitrogens with zero attached hydrogens (tertiary/aromatic N) is 7. The van der Waals surface area contributed by atoms with E-state index in [0.29, 0.717) is 35.4 Å². The molecule has 1 aliphatic rings. The number of benzene rings is 1. The highest BCUT2D eigenvalue weighted by Crippen LogP contribution is 2.35. The summed E-state index contributed by atoms with van der Waals surface area (Å²) in [6.45, 7) is -0.634. The molecule has 6 rings (SSSR count). The Morgan fingerprint density at radius 1 is 1.20 bits per heavy atom. The zero-order valence-corrected chi connectivity index (χ0v) is 21.8. The van der Waals surface area contributed by atoms with Crippen LogP contribution < -0.4 is 5.32 Å². The smallest absolute Gasteiger partial charge is 0.342 e. The minimum atomic E-state index is -4.55. The Morgan fingerprint density at radius 2 is 2.05 bits per heavy atom. The molecule has 4 aromatic heterocycles. The van der Waals surface area contributed by atoms with Crippen molar-refractivity contribution in [3.63, 3.8) is 0 Å². The molecule has 5 aromatic rings. The van der Waals surface area contributed by atoms with Gasteiger partial charge in [-0.2, -0.15) is 18.2 Å². The van der Waals surface area contributed by atoms with Crippen LogP contribution in [0.15, 0.2) is 64.4 Å². The number of halogens is 4. The molecule has 41 heavy (non-hydrogen) atoms. The molecule has 0 saturated carbocycles. The lowest BCUT2D eigenvalue weighted by Crippen LogP contribution is -2.39. The van der Waals surface area contributed by atoms with Crippen LogP contribution in [-0.2, 0) is 13.1 Å². The maximum Gasteiger partial charge on any atom is 0.406 e. The third kappa shape index (κ3) is 5.55. The number of pyridine rings is 1. The van der Waals surface area contributed by atoms with Gasteiger partial charge >= 0.3 is 6.18 Å². The molecule has 1 amide bonds. The SMILES string of the molecule is CN1CCC(=Nc2cccc3c2cc(-c2noc(CNC(=O)c4cn5ccccc5n4)n2)n3CC(F)(F)F)[C@@H](F)C1. The molecular weight excluding hydrogens is 544 g/mol. The topological polar surface area (TPSA) is 106 Å². The van der Waals surface area contributed by atoms with Crippen molar-refractivity contribution in [1.29, 1.82) is 0 Å². The summed E-state index contributed by atoms with van der Waals surface area (Å²) in [4.78, 5) is 27.4. The van der Waals surface area contributed by atoms with E-state index < -0.39 is 24.8 Å². The predicted molar refractivity (Wildman–Crippen MR) is 142 cm³/mol. The van der Waals surface area contributed by atoms with Crippen LogP contribution in [0.25, 0.3) is 28.1 Å². The summed E-state index contributed by atoms with van der Waals surface area (Å²) in [5.41, 5.74) is 1.77. The molecule has 1 N–H and O–H groups in total. The molecule has 1 aliphatic heterocycles. The number of likely N-dealkylation sites (tertiary alicyclic amines) is 1. The standard InChI is InChI=1S/C27H24F4N8O2/c1-37-10-8-19(17(28)13-37)33-18-5-4-6-21-16(18)11-22(39(21)15-27(29,30)31)25-35-24(41-36-25)12-32-26(40)20-14-38-9-3-2-7-23(38)34-20/h2-7,9,11,14,17H,8,10,12-13,15H2,1H3,(H,32,40)/t17-/m0/s1. The number of aliphatic imine (C=N–C) groups is 1. The van der Waals surface area contributed by atoms with E-state index in [-0.39, 0.29) is 41.7 Å². The minimum absolute atomic E-state index is 0.00649. The van der Waals surface area contributed by atoms with E-state index in [9.17, 15) is 22.4 Å². The van der Waals surface area contributed by atoms with Gasteiger partial charge in [0, 0.05) is 37.3 Å². The van der Waals surface area contributed by atoms with E-state index in [4.69, 9.17) is 4.52 Å². The Bertz CT molecular complexity index is 1740. The summed E-state index contributed by atoms with van der Waals surface area (Å²) in [5.74, 6) is -0.583. The number of hydrogen-bond donors (Lipinski definition) is 1. The summed E-state index contributed by atoms with van der Waals surface area (Å²) in [5, 5.41) is 6.90. The van der Waals surface area contributed by atoms with Crippen molar-refractivity contribution >= 4 is 33.9 Å². The number of nitrogens with one attached hydrogen (secondary N) is 1. The fourth-order valence-corrected chi connectivity index (χ4v) is 4.84. The van der Waals surface area contributed by atoms with Crippen LogP contribution in [0.2, 0.25) is 0 Å². The normalized spacial score (nSPS) is 17.6. The fourth-order valence-electron chi connectivity index (χ4n) is 4.84. The van der Waals surface area contributed by atoms with Crippen LogP contribution in [0.1, 0.15) is 22.8 Å². The number of alkyl halides is 4. The molecule has 14 heteroatoms. The number of piperidine rings is 1. The van der Waals surface area contributed by atoms with Gasteiger partial charge in [0.05, 0.1) is 29.2 Å². The van der Waals surface area contributed by atoms with Gasteiger partial charge < -0.3 is 23.7 Å². The van der Waals surface area contributed by atoms with Crippen LogP contribution >= 0.6 is 0 Å². The van der Waals surface area contributed by atoms with Crippen molar-refractivity contribution in [2.75, 3.05) is 20.1 Å². The molecule has 1 atom stereocenters. The molecule has 0 unspecified atom stereocenters.